The number of piperazine rings is 1. The quantitative estimate of drug-likeness (QED) is 0.754. The molecule has 2 aromatic heterocycles. The van der Waals surface area contributed by atoms with E-state index in [4.69, 9.17) is 11.6 Å². The monoisotopic (exact) mass is 368 g/mol. The molecule has 0 aliphatic carbocycles. The third-order valence-electron chi connectivity index (χ3n) is 4.62. The van der Waals surface area contributed by atoms with Crippen molar-refractivity contribution in [2.75, 3.05) is 31.1 Å². The highest BCUT2D eigenvalue weighted by Crippen LogP contribution is 2.17. The number of H-pyrrole nitrogens is 1. The van der Waals surface area contributed by atoms with E-state index in [2.05, 4.69) is 14.9 Å². The molecule has 0 saturated carbocycles. The lowest BCUT2D eigenvalue weighted by Gasteiger charge is -2.35. The highest BCUT2D eigenvalue weighted by atomic mass is 35.5. The molecule has 132 valence electrons. The molecule has 1 fully saturated rings. The highest BCUT2D eigenvalue weighted by molar-refractivity contribution is 6.30. The van der Waals surface area contributed by atoms with Gasteiger partial charge in [0, 0.05) is 49.5 Å². The summed E-state index contributed by atoms with van der Waals surface area (Å²) >= 11 is 5.87. The molecule has 0 atom stereocenters. The first-order chi connectivity index (χ1) is 12.6. The summed E-state index contributed by atoms with van der Waals surface area (Å²) in [5, 5.41) is 1.13. The Labute approximate surface area is 155 Å². The first-order valence-corrected chi connectivity index (χ1v) is 8.77. The summed E-state index contributed by atoms with van der Waals surface area (Å²) < 4.78 is 0. The van der Waals surface area contributed by atoms with Crippen LogP contribution in [0.4, 0.5) is 5.82 Å². The molecule has 0 radical (unpaired) electrons. The van der Waals surface area contributed by atoms with E-state index < -0.39 is 0 Å². The van der Waals surface area contributed by atoms with Crippen LogP contribution in [0.15, 0.2) is 53.6 Å². The lowest BCUT2D eigenvalue weighted by atomic mass is 10.1. The fraction of sp³-hybridized carbons (Fsp3) is 0.211. The van der Waals surface area contributed by atoms with E-state index >= 15 is 0 Å². The molecule has 1 saturated heterocycles. The zero-order valence-corrected chi connectivity index (χ0v) is 14.7. The van der Waals surface area contributed by atoms with E-state index in [0.717, 1.165) is 11.3 Å². The van der Waals surface area contributed by atoms with Crippen LogP contribution in [0.25, 0.3) is 10.9 Å². The Morgan fingerprint density at radius 2 is 1.85 bits per heavy atom. The van der Waals surface area contributed by atoms with Crippen molar-refractivity contribution in [1.82, 2.24) is 14.9 Å². The van der Waals surface area contributed by atoms with Crippen molar-refractivity contribution in [3.05, 3.63) is 69.6 Å². The Bertz CT molecular complexity index is 1010. The molecular formula is C19H17ClN4O2. The minimum absolute atomic E-state index is 0.182. The number of nitrogens with zero attached hydrogens (tertiary/aromatic N) is 3. The van der Waals surface area contributed by atoms with Gasteiger partial charge in [0.1, 0.15) is 11.4 Å². The summed E-state index contributed by atoms with van der Waals surface area (Å²) in [5.74, 6) is 0.603. The Morgan fingerprint density at radius 3 is 2.58 bits per heavy atom. The Hall–Kier alpha value is -2.86. The molecule has 3 aromatic rings. The number of hydrogen-bond acceptors (Lipinski definition) is 4. The average Bonchev–Trinajstić information content (AvgIpc) is 2.69. The standard InChI is InChI=1S/C19H17ClN4O2/c20-13-5-6-17(22-11-13)23-7-9-24(10-8-23)19(26)15-12-21-16-4-2-1-3-14(16)18(15)25/h1-6,11-12H,7-10H2,(H,21,25). The molecule has 1 aromatic carbocycles. The lowest BCUT2D eigenvalue weighted by Crippen LogP contribution is -2.49. The number of anilines is 1. The normalized spacial score (nSPS) is 14.7. The minimum Gasteiger partial charge on any atom is -0.360 e. The third-order valence-corrected chi connectivity index (χ3v) is 4.84. The second kappa shape index (κ2) is 6.80. The number of aromatic nitrogens is 2. The predicted molar refractivity (Wildman–Crippen MR) is 102 cm³/mol. The smallest absolute Gasteiger partial charge is 0.259 e. The molecule has 26 heavy (non-hydrogen) atoms. The van der Waals surface area contributed by atoms with Crippen molar-refractivity contribution in [3.63, 3.8) is 0 Å². The van der Waals surface area contributed by atoms with Gasteiger partial charge in [0.2, 0.25) is 5.43 Å². The zero-order chi connectivity index (χ0) is 18.1. The van der Waals surface area contributed by atoms with Gasteiger partial charge in [-0.15, -0.1) is 0 Å². The summed E-state index contributed by atoms with van der Waals surface area (Å²) in [6.45, 7) is 2.39. The second-order valence-electron chi connectivity index (χ2n) is 6.19. The number of aromatic amines is 1. The fourth-order valence-electron chi connectivity index (χ4n) is 3.19. The van der Waals surface area contributed by atoms with Crippen LogP contribution in [0.5, 0.6) is 0 Å². The first kappa shape index (κ1) is 16.6. The summed E-state index contributed by atoms with van der Waals surface area (Å²) in [7, 11) is 0. The van der Waals surface area contributed by atoms with E-state index in [0.29, 0.717) is 36.6 Å². The van der Waals surface area contributed by atoms with Gasteiger partial charge in [-0.05, 0) is 24.3 Å². The zero-order valence-electron chi connectivity index (χ0n) is 14.0. The maximum Gasteiger partial charge on any atom is 0.259 e. The molecule has 0 unspecified atom stereocenters. The number of fused-ring (bicyclic) bond motifs is 1. The van der Waals surface area contributed by atoms with Gasteiger partial charge in [-0.3, -0.25) is 9.59 Å². The number of benzene rings is 1. The van der Waals surface area contributed by atoms with E-state index in [1.54, 1.807) is 29.3 Å². The van der Waals surface area contributed by atoms with Crippen LogP contribution in [-0.2, 0) is 0 Å². The summed E-state index contributed by atoms with van der Waals surface area (Å²) in [6, 6.07) is 10.9. The molecule has 0 spiro atoms. The first-order valence-electron chi connectivity index (χ1n) is 8.40. The molecule has 6 nitrogen and oxygen atoms in total. The van der Waals surface area contributed by atoms with Crippen molar-refractivity contribution < 1.29 is 4.79 Å². The minimum atomic E-state index is -0.235. The number of hydrogen-bond donors (Lipinski definition) is 1. The van der Waals surface area contributed by atoms with Gasteiger partial charge in [0.15, 0.2) is 0 Å². The second-order valence-corrected chi connectivity index (χ2v) is 6.63. The molecule has 1 aliphatic heterocycles. The van der Waals surface area contributed by atoms with Crippen LogP contribution in [0.2, 0.25) is 5.02 Å². The summed E-state index contributed by atoms with van der Waals surface area (Å²) in [5.41, 5.74) is 0.681. The number of para-hydroxylation sites is 1. The van der Waals surface area contributed by atoms with Crippen LogP contribution in [-0.4, -0.2) is 47.0 Å². The summed E-state index contributed by atoms with van der Waals surface area (Å²) in [6.07, 6.45) is 3.13. The van der Waals surface area contributed by atoms with Crippen LogP contribution in [0.1, 0.15) is 10.4 Å². The van der Waals surface area contributed by atoms with E-state index in [9.17, 15) is 9.59 Å². The number of carbonyl (C=O) groups is 1. The maximum atomic E-state index is 12.8. The van der Waals surface area contributed by atoms with E-state index in [1.807, 2.05) is 18.2 Å². The molecule has 0 bridgehead atoms. The molecule has 4 rings (SSSR count). The van der Waals surface area contributed by atoms with Crippen LogP contribution >= 0.6 is 11.6 Å². The number of nitrogens with one attached hydrogen (secondary N) is 1. The topological polar surface area (TPSA) is 69.3 Å². The highest BCUT2D eigenvalue weighted by Gasteiger charge is 2.24. The van der Waals surface area contributed by atoms with Crippen molar-refractivity contribution in [3.8, 4) is 0 Å². The molecule has 3 heterocycles. The van der Waals surface area contributed by atoms with Crippen LogP contribution < -0.4 is 10.3 Å². The summed E-state index contributed by atoms with van der Waals surface area (Å²) in [4.78, 5) is 36.6. The number of amides is 1. The Kier molecular flexibility index (Phi) is 4.34. The van der Waals surface area contributed by atoms with E-state index in [1.165, 1.54) is 6.20 Å². The van der Waals surface area contributed by atoms with Gasteiger partial charge < -0.3 is 14.8 Å². The van der Waals surface area contributed by atoms with Crippen LogP contribution in [0.3, 0.4) is 0 Å². The predicted octanol–water partition coefficient (Wildman–Crippen LogP) is 2.54. The number of pyridine rings is 2. The fourth-order valence-corrected chi connectivity index (χ4v) is 3.30. The molecule has 1 aliphatic rings. The van der Waals surface area contributed by atoms with Crippen molar-refractivity contribution in [1.29, 1.82) is 0 Å². The molecule has 1 N–H and O–H groups in total. The van der Waals surface area contributed by atoms with Gasteiger partial charge >= 0.3 is 0 Å². The molecule has 1 amide bonds. The van der Waals surface area contributed by atoms with Crippen molar-refractivity contribution >= 4 is 34.2 Å². The number of halogens is 1. The number of rotatable bonds is 2. The Morgan fingerprint density at radius 1 is 1.08 bits per heavy atom. The van der Waals surface area contributed by atoms with Crippen LogP contribution in [0, 0.1) is 0 Å². The van der Waals surface area contributed by atoms with Gasteiger partial charge in [-0.25, -0.2) is 4.98 Å². The SMILES string of the molecule is O=C(c1c[nH]c2ccccc2c1=O)N1CCN(c2ccc(Cl)cn2)CC1. The van der Waals surface area contributed by atoms with Crippen molar-refractivity contribution in [2.45, 2.75) is 0 Å². The van der Waals surface area contributed by atoms with Gasteiger partial charge in [0.25, 0.3) is 5.91 Å². The van der Waals surface area contributed by atoms with E-state index in [-0.39, 0.29) is 16.9 Å². The van der Waals surface area contributed by atoms with Crippen molar-refractivity contribution in [2.24, 2.45) is 0 Å². The molecule has 7 heteroatoms. The Balaban J connectivity index is 1.51. The average molecular weight is 369 g/mol. The van der Waals surface area contributed by atoms with Gasteiger partial charge in [-0.2, -0.15) is 0 Å². The third kappa shape index (κ3) is 3.04. The molecular weight excluding hydrogens is 352 g/mol. The van der Waals surface area contributed by atoms with Gasteiger partial charge in [-0.1, -0.05) is 23.7 Å². The van der Waals surface area contributed by atoms with Gasteiger partial charge in [0.05, 0.1) is 5.02 Å². The lowest BCUT2D eigenvalue weighted by molar-refractivity contribution is 0.0745. The number of carbonyl (C=O) groups excluding carboxylic acids is 1. The largest absolute Gasteiger partial charge is 0.360 e. The maximum absolute atomic E-state index is 12.8.